The van der Waals surface area contributed by atoms with Crippen molar-refractivity contribution < 1.29 is 13.5 Å². The predicted molar refractivity (Wildman–Crippen MR) is 65.5 cm³/mol. The number of hydrogen-bond donors (Lipinski definition) is 0. The molecule has 0 amide bonds. The highest BCUT2D eigenvalue weighted by Crippen LogP contribution is 2.26. The summed E-state index contributed by atoms with van der Waals surface area (Å²) in [7, 11) is 0. The molecule has 0 saturated carbocycles. The van der Waals surface area contributed by atoms with Crippen LogP contribution in [0.1, 0.15) is 12.5 Å². The number of rotatable bonds is 4. The van der Waals surface area contributed by atoms with Gasteiger partial charge in [0.25, 0.3) is 0 Å². The highest BCUT2D eigenvalue weighted by atomic mass is 79.9. The molecule has 0 aromatic heterocycles. The topological polar surface area (TPSA) is 9.23 Å². The van der Waals surface area contributed by atoms with Gasteiger partial charge in [-0.1, -0.05) is 39.2 Å². The number of benzene rings is 1. The maximum Gasteiger partial charge on any atom is 0.387 e. The molecule has 0 aliphatic rings. The van der Waals surface area contributed by atoms with Crippen LogP contribution in [-0.4, -0.2) is 11.9 Å². The summed E-state index contributed by atoms with van der Waals surface area (Å²) < 4.78 is 28.7. The molecule has 88 valence electrons. The molecule has 5 heteroatoms. The second-order valence-corrected chi connectivity index (χ2v) is 4.18. The van der Waals surface area contributed by atoms with Gasteiger partial charge in [0.1, 0.15) is 5.75 Å². The van der Waals surface area contributed by atoms with Crippen molar-refractivity contribution in [2.45, 2.75) is 13.5 Å². The maximum absolute atomic E-state index is 12.1. The molecule has 1 aromatic rings. The molecular weight excluding hydrogens is 301 g/mol. The molecule has 0 spiro atoms. The van der Waals surface area contributed by atoms with Crippen LogP contribution in [0.4, 0.5) is 8.78 Å². The second kappa shape index (κ2) is 6.21. The summed E-state index contributed by atoms with van der Waals surface area (Å²) in [5.74, 6) is 0.125. The molecule has 0 unspecified atom stereocenters. The minimum absolute atomic E-state index is 0.125. The van der Waals surface area contributed by atoms with E-state index in [0.717, 1.165) is 5.57 Å². The molecule has 0 saturated heterocycles. The summed E-state index contributed by atoms with van der Waals surface area (Å²) in [6.07, 6.45) is 1.75. The molecule has 0 heterocycles. The molecule has 0 N–H and O–H groups in total. The summed E-state index contributed by atoms with van der Waals surface area (Å²) in [6.45, 7) is -0.959. The molecule has 0 atom stereocenters. The van der Waals surface area contributed by atoms with Crippen LogP contribution < -0.4 is 4.74 Å². The van der Waals surface area contributed by atoms with Crippen molar-refractivity contribution in [1.82, 2.24) is 0 Å². The third-order valence-corrected chi connectivity index (χ3v) is 2.92. The van der Waals surface area contributed by atoms with Gasteiger partial charge >= 0.3 is 6.61 Å². The largest absolute Gasteiger partial charge is 0.434 e. The summed E-state index contributed by atoms with van der Waals surface area (Å²) in [5, 5.41) is 1.14. The minimum atomic E-state index is -2.84. The Labute approximate surface area is 106 Å². The van der Waals surface area contributed by atoms with E-state index in [1.54, 1.807) is 12.1 Å². The lowest BCUT2D eigenvalue weighted by molar-refractivity contribution is -0.0499. The van der Waals surface area contributed by atoms with Crippen LogP contribution in [0.2, 0.25) is 5.02 Å². The molecular formula is C11H10BrClF2O. The molecule has 0 aliphatic carbocycles. The van der Waals surface area contributed by atoms with E-state index in [1.807, 2.05) is 6.92 Å². The van der Waals surface area contributed by atoms with E-state index in [-0.39, 0.29) is 5.75 Å². The lowest BCUT2D eigenvalue weighted by Gasteiger charge is -2.09. The average Bonchev–Trinajstić information content (AvgIpc) is 2.21. The zero-order valence-corrected chi connectivity index (χ0v) is 10.9. The van der Waals surface area contributed by atoms with Crippen molar-refractivity contribution in [2.24, 2.45) is 0 Å². The van der Waals surface area contributed by atoms with Gasteiger partial charge in [-0.25, -0.2) is 0 Å². The second-order valence-electron chi connectivity index (χ2n) is 3.18. The van der Waals surface area contributed by atoms with E-state index in [1.165, 1.54) is 12.1 Å². The van der Waals surface area contributed by atoms with Gasteiger partial charge in [-0.2, -0.15) is 8.78 Å². The standard InChI is InChI=1S/C11H10BrClF2O/c1-7(6-12)4-8-5-9(13)2-3-10(8)16-11(14)15/h2-5,11H,6H2,1H3. The van der Waals surface area contributed by atoms with Crippen LogP contribution in [0.25, 0.3) is 6.08 Å². The molecule has 0 fully saturated rings. The highest BCUT2D eigenvalue weighted by molar-refractivity contribution is 9.09. The average molecular weight is 312 g/mol. The lowest BCUT2D eigenvalue weighted by atomic mass is 10.1. The van der Waals surface area contributed by atoms with Crippen LogP contribution in [0, 0.1) is 0 Å². The van der Waals surface area contributed by atoms with E-state index in [0.29, 0.717) is 15.9 Å². The Kier molecular flexibility index (Phi) is 5.22. The van der Waals surface area contributed by atoms with Gasteiger partial charge in [0.05, 0.1) is 0 Å². The molecule has 0 bridgehead atoms. The van der Waals surface area contributed by atoms with Crippen LogP contribution in [0.5, 0.6) is 5.75 Å². The lowest BCUT2D eigenvalue weighted by Crippen LogP contribution is -2.03. The number of ether oxygens (including phenoxy) is 1. The van der Waals surface area contributed by atoms with Crippen molar-refractivity contribution >= 4 is 33.6 Å². The molecule has 1 aromatic carbocycles. The van der Waals surface area contributed by atoms with Gasteiger partial charge in [-0.05, 0) is 25.1 Å². The Morgan fingerprint density at radius 1 is 1.56 bits per heavy atom. The third-order valence-electron chi connectivity index (χ3n) is 1.80. The Morgan fingerprint density at radius 2 is 2.25 bits per heavy atom. The molecule has 1 rings (SSSR count). The Morgan fingerprint density at radius 3 is 2.81 bits per heavy atom. The monoisotopic (exact) mass is 310 g/mol. The van der Waals surface area contributed by atoms with Gasteiger partial charge in [0.15, 0.2) is 0 Å². The van der Waals surface area contributed by atoms with E-state index >= 15 is 0 Å². The fraction of sp³-hybridized carbons (Fsp3) is 0.273. The predicted octanol–water partition coefficient (Wildman–Crippen LogP) is 4.74. The van der Waals surface area contributed by atoms with Crippen molar-refractivity contribution in [2.75, 3.05) is 5.33 Å². The first-order chi connectivity index (χ1) is 7.52. The fourth-order valence-electron chi connectivity index (χ4n) is 1.14. The number of hydrogen-bond acceptors (Lipinski definition) is 1. The summed E-state index contributed by atoms with van der Waals surface area (Å²) >= 11 is 9.07. The molecule has 0 radical (unpaired) electrons. The normalized spacial score (nSPS) is 12.0. The first kappa shape index (κ1) is 13.5. The summed E-state index contributed by atoms with van der Waals surface area (Å²) in [4.78, 5) is 0. The fourth-order valence-corrected chi connectivity index (χ4v) is 1.48. The smallest absolute Gasteiger partial charge is 0.387 e. The van der Waals surface area contributed by atoms with E-state index in [4.69, 9.17) is 11.6 Å². The van der Waals surface area contributed by atoms with Crippen LogP contribution >= 0.6 is 27.5 Å². The Bertz CT molecular complexity index is 394. The first-order valence-electron chi connectivity index (χ1n) is 4.50. The SMILES string of the molecule is CC(=Cc1cc(Cl)ccc1OC(F)F)CBr. The quantitative estimate of drug-likeness (QED) is 0.730. The van der Waals surface area contributed by atoms with Crippen LogP contribution in [0.3, 0.4) is 0 Å². The van der Waals surface area contributed by atoms with Crippen LogP contribution in [0.15, 0.2) is 23.8 Å². The summed E-state index contributed by atoms with van der Waals surface area (Å²) in [6, 6.07) is 4.54. The number of halogens is 4. The van der Waals surface area contributed by atoms with E-state index in [2.05, 4.69) is 20.7 Å². The van der Waals surface area contributed by atoms with Crippen LogP contribution in [-0.2, 0) is 0 Å². The third kappa shape index (κ3) is 4.10. The van der Waals surface area contributed by atoms with E-state index in [9.17, 15) is 8.78 Å². The van der Waals surface area contributed by atoms with Gasteiger partial charge in [-0.15, -0.1) is 0 Å². The maximum atomic E-state index is 12.1. The molecule has 1 nitrogen and oxygen atoms in total. The van der Waals surface area contributed by atoms with Crippen molar-refractivity contribution in [1.29, 1.82) is 0 Å². The Hall–Kier alpha value is -0.610. The van der Waals surface area contributed by atoms with Gasteiger partial charge in [-0.3, -0.25) is 0 Å². The summed E-state index contributed by atoms with van der Waals surface area (Å²) in [5.41, 5.74) is 1.53. The number of allylic oxidation sites excluding steroid dienone is 1. The Balaban J connectivity index is 3.08. The molecule has 0 aliphatic heterocycles. The first-order valence-corrected chi connectivity index (χ1v) is 6.00. The zero-order chi connectivity index (χ0) is 12.1. The van der Waals surface area contributed by atoms with Crippen molar-refractivity contribution in [3.05, 3.63) is 34.4 Å². The number of alkyl halides is 3. The van der Waals surface area contributed by atoms with Crippen molar-refractivity contribution in [3.8, 4) is 5.75 Å². The highest BCUT2D eigenvalue weighted by Gasteiger charge is 2.08. The van der Waals surface area contributed by atoms with Crippen molar-refractivity contribution in [3.63, 3.8) is 0 Å². The zero-order valence-electron chi connectivity index (χ0n) is 8.51. The van der Waals surface area contributed by atoms with Gasteiger partial charge in [0.2, 0.25) is 0 Å². The van der Waals surface area contributed by atoms with E-state index < -0.39 is 6.61 Å². The minimum Gasteiger partial charge on any atom is -0.434 e. The van der Waals surface area contributed by atoms with Gasteiger partial charge in [0, 0.05) is 15.9 Å². The molecule has 16 heavy (non-hydrogen) atoms. The van der Waals surface area contributed by atoms with Gasteiger partial charge < -0.3 is 4.74 Å².